The summed E-state index contributed by atoms with van der Waals surface area (Å²) in [6.07, 6.45) is 4.76. The summed E-state index contributed by atoms with van der Waals surface area (Å²) in [5, 5.41) is 1.32. The van der Waals surface area contributed by atoms with Crippen molar-refractivity contribution in [2.45, 2.75) is 51.7 Å². The van der Waals surface area contributed by atoms with Gasteiger partial charge in [0.1, 0.15) is 10.6 Å². The molecule has 1 aromatic carbocycles. The first kappa shape index (κ1) is 24.6. The highest BCUT2D eigenvalue weighted by molar-refractivity contribution is 7.99. The number of carbonyl (C=O) groups excluding carboxylic acids is 1. The van der Waals surface area contributed by atoms with Crippen LogP contribution in [0.15, 0.2) is 52.9 Å². The lowest BCUT2D eigenvalue weighted by Crippen LogP contribution is -2.23. The number of fused-ring (bicyclic) bond motifs is 3. The van der Waals surface area contributed by atoms with Gasteiger partial charge in [-0.1, -0.05) is 17.8 Å². The van der Waals surface area contributed by atoms with Crippen LogP contribution in [0.3, 0.4) is 0 Å². The average Bonchev–Trinajstić information content (AvgIpc) is 3.53. The van der Waals surface area contributed by atoms with E-state index in [-0.39, 0.29) is 17.1 Å². The Morgan fingerprint density at radius 3 is 2.75 bits per heavy atom. The first-order valence-electron chi connectivity index (χ1n) is 12.2. The van der Waals surface area contributed by atoms with E-state index in [1.807, 2.05) is 51.1 Å². The summed E-state index contributed by atoms with van der Waals surface area (Å²) < 4.78 is 9.29. The van der Waals surface area contributed by atoms with Gasteiger partial charge < -0.3 is 9.30 Å². The molecule has 4 aromatic rings. The Kier molecular flexibility index (Phi) is 6.90. The number of hydrogen-bond donors (Lipinski definition) is 0. The Labute approximate surface area is 218 Å². The third kappa shape index (κ3) is 4.33. The highest BCUT2D eigenvalue weighted by Gasteiger charge is 2.24. The van der Waals surface area contributed by atoms with Crippen LogP contribution in [-0.2, 0) is 19.4 Å². The molecule has 1 aliphatic carbocycles. The minimum atomic E-state index is -0.0251. The number of Topliss-reactive ketones (excluding diaryl/α,β-unsaturated/α-hetero) is 1. The molecule has 3 aromatic heterocycles. The Hall–Kier alpha value is -3.10. The number of ether oxygens (including phenoxy) is 1. The number of benzene rings is 1. The first-order chi connectivity index (χ1) is 17.4. The zero-order valence-corrected chi connectivity index (χ0v) is 22.4. The Morgan fingerprint density at radius 1 is 1.25 bits per heavy atom. The van der Waals surface area contributed by atoms with Gasteiger partial charge in [0.2, 0.25) is 0 Å². The second-order valence-corrected chi connectivity index (χ2v) is 10.9. The fraction of sp³-hybridized carbons (Fsp3) is 0.321. The largest absolute Gasteiger partial charge is 0.494 e. The lowest BCUT2D eigenvalue weighted by Gasteiger charge is -2.12. The van der Waals surface area contributed by atoms with Gasteiger partial charge in [0, 0.05) is 34.1 Å². The van der Waals surface area contributed by atoms with Crippen LogP contribution in [0.5, 0.6) is 5.75 Å². The van der Waals surface area contributed by atoms with Gasteiger partial charge in [-0.2, -0.15) is 0 Å². The topological polar surface area (TPSA) is 66.1 Å². The summed E-state index contributed by atoms with van der Waals surface area (Å²) in [5.41, 5.74) is 4.69. The zero-order chi connectivity index (χ0) is 25.4. The summed E-state index contributed by atoms with van der Waals surface area (Å²) in [6.45, 7) is 10.7. The third-order valence-electron chi connectivity index (χ3n) is 6.57. The number of carbonyl (C=O) groups is 1. The van der Waals surface area contributed by atoms with Gasteiger partial charge in [0.15, 0.2) is 10.9 Å². The van der Waals surface area contributed by atoms with Crippen molar-refractivity contribution in [3.63, 3.8) is 0 Å². The summed E-state index contributed by atoms with van der Waals surface area (Å²) in [7, 11) is 0. The molecule has 36 heavy (non-hydrogen) atoms. The molecule has 1 aliphatic rings. The smallest absolute Gasteiger partial charge is 0.263 e. The SMILES string of the molecule is C=CCn1c(SCC(=O)c2cc(C)n(-c3ccc(OCC)cc3)c2C)nc2sc3c(c2c1=O)CCC3. The molecule has 0 unspecified atom stereocenters. The number of rotatable bonds is 9. The van der Waals surface area contributed by atoms with Crippen LogP contribution in [-0.4, -0.2) is 32.3 Å². The fourth-order valence-corrected chi connectivity index (χ4v) is 7.16. The third-order valence-corrected chi connectivity index (χ3v) is 8.73. The van der Waals surface area contributed by atoms with Gasteiger partial charge in [0.25, 0.3) is 5.56 Å². The molecule has 6 nitrogen and oxygen atoms in total. The van der Waals surface area contributed by atoms with Crippen molar-refractivity contribution < 1.29 is 9.53 Å². The Balaban J connectivity index is 1.42. The molecule has 0 aliphatic heterocycles. The molecule has 8 heteroatoms. The number of thiophene rings is 1. The normalized spacial score (nSPS) is 12.8. The zero-order valence-electron chi connectivity index (χ0n) is 20.8. The maximum Gasteiger partial charge on any atom is 0.263 e. The van der Waals surface area contributed by atoms with Crippen LogP contribution in [0.1, 0.15) is 45.5 Å². The molecule has 186 valence electrons. The van der Waals surface area contributed by atoms with Crippen molar-refractivity contribution in [2.24, 2.45) is 0 Å². The number of aromatic nitrogens is 3. The maximum atomic E-state index is 13.4. The quantitative estimate of drug-likeness (QED) is 0.119. The molecule has 0 bridgehead atoms. The van der Waals surface area contributed by atoms with Gasteiger partial charge in [-0.25, -0.2) is 4.98 Å². The highest BCUT2D eigenvalue weighted by atomic mass is 32.2. The van der Waals surface area contributed by atoms with Crippen LogP contribution >= 0.6 is 23.1 Å². The van der Waals surface area contributed by atoms with Crippen molar-refractivity contribution >= 4 is 39.1 Å². The summed E-state index contributed by atoms with van der Waals surface area (Å²) >= 11 is 2.94. The number of ketones is 1. The fourth-order valence-electron chi connectivity index (χ4n) is 4.97. The van der Waals surface area contributed by atoms with Gasteiger partial charge in [-0.05, 0) is 75.9 Å². The molecule has 0 saturated heterocycles. The molecule has 0 spiro atoms. The number of hydrogen-bond acceptors (Lipinski definition) is 6. The predicted molar refractivity (Wildman–Crippen MR) is 148 cm³/mol. The van der Waals surface area contributed by atoms with Crippen LogP contribution in [0, 0.1) is 13.8 Å². The average molecular weight is 520 g/mol. The predicted octanol–water partition coefficient (Wildman–Crippen LogP) is 5.91. The minimum Gasteiger partial charge on any atom is -0.494 e. The molecule has 3 heterocycles. The van der Waals surface area contributed by atoms with Crippen molar-refractivity contribution in [3.05, 3.63) is 80.7 Å². The Morgan fingerprint density at radius 2 is 2.03 bits per heavy atom. The highest BCUT2D eigenvalue weighted by Crippen LogP contribution is 2.35. The van der Waals surface area contributed by atoms with E-state index in [1.54, 1.807) is 22.0 Å². The lowest BCUT2D eigenvalue weighted by atomic mass is 10.2. The molecular weight excluding hydrogens is 490 g/mol. The molecule has 0 fully saturated rings. The van der Waals surface area contributed by atoms with E-state index in [1.165, 1.54) is 22.2 Å². The van der Waals surface area contributed by atoms with Crippen molar-refractivity contribution in [1.29, 1.82) is 0 Å². The van der Waals surface area contributed by atoms with E-state index >= 15 is 0 Å². The van der Waals surface area contributed by atoms with Crippen molar-refractivity contribution in [1.82, 2.24) is 14.1 Å². The van der Waals surface area contributed by atoms with E-state index in [9.17, 15) is 9.59 Å². The van der Waals surface area contributed by atoms with Gasteiger partial charge in [-0.15, -0.1) is 17.9 Å². The minimum absolute atomic E-state index is 0.0125. The van der Waals surface area contributed by atoms with Gasteiger partial charge >= 0.3 is 0 Å². The number of thioether (sulfide) groups is 1. The van der Waals surface area contributed by atoms with E-state index in [0.29, 0.717) is 23.9 Å². The van der Waals surface area contributed by atoms with E-state index in [2.05, 4.69) is 11.1 Å². The Bertz CT molecular complexity index is 1530. The van der Waals surface area contributed by atoms with Crippen LogP contribution < -0.4 is 10.3 Å². The second kappa shape index (κ2) is 10.1. The lowest BCUT2D eigenvalue weighted by molar-refractivity contribution is 0.102. The van der Waals surface area contributed by atoms with Crippen LogP contribution in [0.2, 0.25) is 0 Å². The van der Waals surface area contributed by atoms with Crippen LogP contribution in [0.25, 0.3) is 15.9 Å². The maximum absolute atomic E-state index is 13.4. The molecule has 0 radical (unpaired) electrons. The molecule has 0 amide bonds. The summed E-state index contributed by atoms with van der Waals surface area (Å²) in [4.78, 5) is 33.6. The molecular formula is C28H29N3O3S2. The molecule has 0 saturated carbocycles. The van der Waals surface area contributed by atoms with E-state index in [0.717, 1.165) is 52.3 Å². The monoisotopic (exact) mass is 519 g/mol. The molecule has 0 N–H and O–H groups in total. The molecule has 5 rings (SSSR count). The summed E-state index contributed by atoms with van der Waals surface area (Å²) in [5.74, 6) is 1.04. The second-order valence-electron chi connectivity index (χ2n) is 8.90. The number of nitrogens with zero attached hydrogens (tertiary/aromatic N) is 3. The number of allylic oxidation sites excluding steroid dienone is 1. The first-order valence-corrected chi connectivity index (χ1v) is 14.0. The van der Waals surface area contributed by atoms with Crippen LogP contribution in [0.4, 0.5) is 0 Å². The van der Waals surface area contributed by atoms with E-state index in [4.69, 9.17) is 9.72 Å². The molecule has 0 atom stereocenters. The van der Waals surface area contributed by atoms with Gasteiger partial charge in [-0.3, -0.25) is 14.2 Å². The standard InChI is InChI=1S/C28H29N3O3S2/c1-5-14-30-27(33)25-21-8-7-9-24(21)36-26(25)29-28(30)35-16-23(32)22-15-17(3)31(18(22)4)19-10-12-20(13-11-19)34-6-2/h5,10-13,15H,1,6-9,14,16H2,2-4H3. The van der Waals surface area contributed by atoms with Crippen molar-refractivity contribution in [2.75, 3.05) is 12.4 Å². The summed E-state index contributed by atoms with van der Waals surface area (Å²) in [6, 6.07) is 9.82. The van der Waals surface area contributed by atoms with Gasteiger partial charge in [0.05, 0.1) is 17.7 Å². The van der Waals surface area contributed by atoms with Crippen molar-refractivity contribution in [3.8, 4) is 11.4 Å². The number of aryl methyl sites for hydroxylation is 3. The van der Waals surface area contributed by atoms with E-state index < -0.39 is 0 Å².